The molecule has 0 bridgehead atoms. The number of hydrogen-bond donors (Lipinski definition) is 1. The van der Waals surface area contributed by atoms with Gasteiger partial charge in [-0.3, -0.25) is 30.3 Å². The predicted molar refractivity (Wildman–Crippen MR) is 104 cm³/mol. The summed E-state index contributed by atoms with van der Waals surface area (Å²) in [5, 5.41) is 42.8. The first-order chi connectivity index (χ1) is 13.1. The van der Waals surface area contributed by atoms with Gasteiger partial charge in [0.25, 0.3) is 11.4 Å². The van der Waals surface area contributed by atoms with Crippen LogP contribution in [0, 0.1) is 37.3 Å². The molecule has 144 valence electrons. The van der Waals surface area contributed by atoms with Crippen LogP contribution >= 0.6 is 15.9 Å². The highest BCUT2D eigenvalue weighted by Gasteiger charge is 2.30. The highest BCUT2D eigenvalue weighted by Crippen LogP contribution is 2.38. The van der Waals surface area contributed by atoms with Crippen LogP contribution in [-0.4, -0.2) is 19.9 Å². The number of phenols is 1. The van der Waals surface area contributed by atoms with E-state index >= 15 is 0 Å². The van der Waals surface area contributed by atoms with Gasteiger partial charge in [-0.1, -0.05) is 51.8 Å². The molecule has 10 nitrogen and oxygen atoms in total. The molecule has 0 aliphatic heterocycles. The highest BCUT2D eigenvalue weighted by atomic mass is 79.9. The third-order valence-corrected chi connectivity index (χ3v) is 4.33. The lowest BCUT2D eigenvalue weighted by atomic mass is 10.1. The largest absolute Gasteiger partial charge is 0.497 e. The van der Waals surface area contributed by atoms with Crippen LogP contribution in [-0.2, 0) is 0 Å². The number of non-ortho nitro benzene ring substituents is 1. The molecule has 0 atom stereocenters. The summed E-state index contributed by atoms with van der Waals surface area (Å²) in [7, 11) is 0. The van der Waals surface area contributed by atoms with Gasteiger partial charge in [-0.15, -0.1) is 0 Å². The number of nitro benzene ring substituents is 3. The molecular formula is C17H12BrN3O7. The second-order valence-corrected chi connectivity index (χ2v) is 6.42. The normalized spacial score (nSPS) is 10.1. The van der Waals surface area contributed by atoms with Gasteiger partial charge in [0.15, 0.2) is 0 Å². The van der Waals surface area contributed by atoms with Gasteiger partial charge in [0.1, 0.15) is 0 Å². The minimum absolute atomic E-state index is 0.447. The fourth-order valence-electron chi connectivity index (χ4n) is 2.32. The number of nitrogens with zero attached hydrogens (tertiary/aromatic N) is 3. The molecule has 0 spiro atoms. The molecule has 0 unspecified atom stereocenters. The summed E-state index contributed by atoms with van der Waals surface area (Å²) in [5.41, 5.74) is -1.70. The monoisotopic (exact) mass is 449 g/mol. The van der Waals surface area contributed by atoms with E-state index in [4.69, 9.17) is 5.11 Å². The topological polar surface area (TPSA) is 150 Å². The van der Waals surface area contributed by atoms with E-state index in [1.807, 2.05) is 0 Å². The number of benzene rings is 3. The van der Waals surface area contributed by atoms with Crippen molar-refractivity contribution < 1.29 is 19.9 Å². The van der Waals surface area contributed by atoms with E-state index in [9.17, 15) is 30.3 Å². The van der Waals surface area contributed by atoms with Gasteiger partial charge < -0.3 is 5.11 Å². The van der Waals surface area contributed by atoms with Gasteiger partial charge in [-0.25, -0.2) is 0 Å². The fraction of sp³-hybridized carbons (Fsp3) is 0.0588. The SMILES string of the molecule is Cc1ccc2cccc(Br)c2c1.O=[N+]([O-])c1cc([N+](=O)[O-])c(O)c([N+](=O)[O-])c1. The van der Waals surface area contributed by atoms with Crippen LogP contribution in [0.4, 0.5) is 17.1 Å². The van der Waals surface area contributed by atoms with Gasteiger partial charge in [-0.05, 0) is 23.8 Å². The van der Waals surface area contributed by atoms with Crippen LogP contribution in [0.25, 0.3) is 10.8 Å². The van der Waals surface area contributed by atoms with Crippen molar-refractivity contribution >= 4 is 43.8 Å². The summed E-state index contributed by atoms with van der Waals surface area (Å²) >= 11 is 3.53. The lowest BCUT2D eigenvalue weighted by Crippen LogP contribution is -1.97. The zero-order valence-corrected chi connectivity index (χ0v) is 15.8. The Morgan fingerprint density at radius 2 is 1.43 bits per heavy atom. The summed E-state index contributed by atoms with van der Waals surface area (Å²) in [4.78, 5) is 27.8. The molecule has 0 fully saturated rings. The second-order valence-electron chi connectivity index (χ2n) is 5.57. The van der Waals surface area contributed by atoms with Crippen molar-refractivity contribution in [2.75, 3.05) is 0 Å². The maximum absolute atomic E-state index is 10.4. The average Bonchev–Trinajstić information content (AvgIpc) is 2.62. The average molecular weight is 450 g/mol. The van der Waals surface area contributed by atoms with Crippen molar-refractivity contribution in [3.8, 4) is 5.75 Å². The third-order valence-electron chi connectivity index (χ3n) is 3.64. The number of aryl methyl sites for hydroxylation is 1. The van der Waals surface area contributed by atoms with E-state index < -0.39 is 37.6 Å². The Bertz CT molecular complexity index is 1070. The van der Waals surface area contributed by atoms with E-state index in [0.717, 1.165) is 0 Å². The maximum atomic E-state index is 10.4. The fourth-order valence-corrected chi connectivity index (χ4v) is 2.82. The smallest absolute Gasteiger partial charge is 0.324 e. The van der Waals surface area contributed by atoms with Crippen molar-refractivity contribution in [1.82, 2.24) is 0 Å². The molecule has 1 N–H and O–H groups in total. The van der Waals surface area contributed by atoms with E-state index in [1.54, 1.807) is 0 Å². The number of aromatic hydroxyl groups is 1. The van der Waals surface area contributed by atoms with Crippen LogP contribution in [0.2, 0.25) is 0 Å². The molecule has 0 aliphatic rings. The molecule has 0 aliphatic carbocycles. The Hall–Kier alpha value is -3.60. The lowest BCUT2D eigenvalue weighted by molar-refractivity contribution is -0.404. The van der Waals surface area contributed by atoms with Crippen LogP contribution in [0.1, 0.15) is 5.56 Å². The van der Waals surface area contributed by atoms with Crippen molar-refractivity contribution in [3.63, 3.8) is 0 Å². The number of fused-ring (bicyclic) bond motifs is 1. The van der Waals surface area contributed by atoms with E-state index in [1.165, 1.54) is 20.8 Å². The van der Waals surface area contributed by atoms with Crippen LogP contribution in [0.15, 0.2) is 53.0 Å². The highest BCUT2D eigenvalue weighted by molar-refractivity contribution is 9.10. The molecule has 3 aromatic rings. The summed E-state index contributed by atoms with van der Waals surface area (Å²) in [5.74, 6) is -1.21. The molecule has 0 radical (unpaired) electrons. The Labute approximate surface area is 165 Å². The predicted octanol–water partition coefficient (Wildman–Crippen LogP) is 5.03. The van der Waals surface area contributed by atoms with Crippen molar-refractivity contribution in [2.45, 2.75) is 6.92 Å². The number of rotatable bonds is 3. The first-order valence-electron chi connectivity index (χ1n) is 7.57. The van der Waals surface area contributed by atoms with Crippen molar-refractivity contribution in [1.29, 1.82) is 0 Å². The lowest BCUT2D eigenvalue weighted by Gasteiger charge is -2.00. The molecule has 3 aromatic carbocycles. The molecule has 0 saturated carbocycles. The number of halogens is 1. The van der Waals surface area contributed by atoms with Crippen molar-refractivity contribution in [2.24, 2.45) is 0 Å². The standard InChI is InChI=1S/C11H9Br.C6H3N3O7/c1-8-5-6-9-3-2-4-11(12)10(9)7-8;10-6-4(8(13)14)1-3(7(11)12)2-5(6)9(15)16/h2-7H,1H3;1-2,10H. The number of phenolic OH excluding ortho intramolecular Hbond substituents is 1. The summed E-state index contributed by atoms with van der Waals surface area (Å²) in [6.07, 6.45) is 0. The van der Waals surface area contributed by atoms with Gasteiger partial charge in [0.2, 0.25) is 0 Å². The molecule has 0 heterocycles. The first-order valence-corrected chi connectivity index (χ1v) is 8.36. The molecule has 11 heteroatoms. The van der Waals surface area contributed by atoms with E-state index in [0.29, 0.717) is 12.1 Å². The Morgan fingerprint density at radius 1 is 0.857 bits per heavy atom. The Morgan fingerprint density at radius 3 is 1.93 bits per heavy atom. The quantitative estimate of drug-likeness (QED) is 0.434. The van der Waals surface area contributed by atoms with Crippen molar-refractivity contribution in [3.05, 3.63) is 88.9 Å². The Kier molecular flexibility index (Phi) is 6.21. The zero-order chi connectivity index (χ0) is 21.0. The minimum Gasteiger partial charge on any atom is -0.497 e. The zero-order valence-electron chi connectivity index (χ0n) is 14.2. The number of nitro groups is 3. The summed E-state index contributed by atoms with van der Waals surface area (Å²) in [6.45, 7) is 2.11. The Balaban J connectivity index is 0.000000207. The third kappa shape index (κ3) is 4.57. The molecular weight excluding hydrogens is 438 g/mol. The minimum atomic E-state index is -1.21. The van der Waals surface area contributed by atoms with E-state index in [-0.39, 0.29) is 0 Å². The van der Waals surface area contributed by atoms with E-state index in [2.05, 4.69) is 59.3 Å². The summed E-state index contributed by atoms with van der Waals surface area (Å²) in [6, 6.07) is 13.6. The molecule has 3 rings (SSSR count). The summed E-state index contributed by atoms with van der Waals surface area (Å²) < 4.78 is 1.17. The van der Waals surface area contributed by atoms with Crippen LogP contribution < -0.4 is 0 Å². The van der Waals surface area contributed by atoms with Gasteiger partial charge >= 0.3 is 11.4 Å². The second kappa shape index (κ2) is 8.39. The number of hydrogen-bond acceptors (Lipinski definition) is 7. The first kappa shape index (κ1) is 20.7. The molecule has 0 saturated heterocycles. The van der Waals surface area contributed by atoms with Gasteiger partial charge in [0.05, 0.1) is 26.9 Å². The van der Waals surface area contributed by atoms with Crippen LogP contribution in [0.3, 0.4) is 0 Å². The van der Waals surface area contributed by atoms with Gasteiger partial charge in [-0.2, -0.15) is 0 Å². The molecule has 0 aromatic heterocycles. The van der Waals surface area contributed by atoms with Crippen LogP contribution in [0.5, 0.6) is 5.75 Å². The van der Waals surface area contributed by atoms with Gasteiger partial charge in [0, 0.05) is 4.47 Å². The molecule has 0 amide bonds. The molecule has 28 heavy (non-hydrogen) atoms. The maximum Gasteiger partial charge on any atom is 0.324 e.